The lowest BCUT2D eigenvalue weighted by atomic mass is 10.1. The van der Waals surface area contributed by atoms with Crippen molar-refractivity contribution in [2.45, 2.75) is 12.6 Å². The van der Waals surface area contributed by atoms with Crippen LogP contribution in [-0.2, 0) is 19.6 Å². The van der Waals surface area contributed by atoms with Crippen molar-refractivity contribution in [1.82, 2.24) is 9.55 Å². The Hall–Kier alpha value is -3.13. The third-order valence-electron chi connectivity index (χ3n) is 4.68. The second-order valence-corrected chi connectivity index (χ2v) is 7.78. The zero-order valence-electron chi connectivity index (χ0n) is 15.2. The van der Waals surface area contributed by atoms with Crippen LogP contribution in [0, 0.1) is 0 Å². The standard InChI is InChI=1S/C21H15F3N2O2S/c1-26-17(20(27)28)11-25-19(26)16-7-3-5-13-10-15(29-18(13)16)9-12-4-2-6-14(8-12)21(22,23)24/h2-8,10-11H,9H2,1H3,(H,27,28). The normalized spacial score (nSPS) is 11.9. The Morgan fingerprint density at radius 2 is 1.93 bits per heavy atom. The summed E-state index contributed by atoms with van der Waals surface area (Å²) in [5.41, 5.74) is 0.791. The van der Waals surface area contributed by atoms with Crippen molar-refractivity contribution in [3.05, 3.63) is 76.4 Å². The van der Waals surface area contributed by atoms with E-state index in [1.807, 2.05) is 24.3 Å². The van der Waals surface area contributed by atoms with Gasteiger partial charge >= 0.3 is 12.1 Å². The Labute approximate surface area is 167 Å². The molecule has 0 fully saturated rings. The van der Waals surface area contributed by atoms with Crippen LogP contribution in [0.5, 0.6) is 0 Å². The van der Waals surface area contributed by atoms with Gasteiger partial charge in [-0.3, -0.25) is 0 Å². The fourth-order valence-electron chi connectivity index (χ4n) is 3.30. The predicted octanol–water partition coefficient (Wildman–Crippen LogP) is 5.61. The summed E-state index contributed by atoms with van der Waals surface area (Å²) in [6, 6.07) is 12.9. The highest BCUT2D eigenvalue weighted by Gasteiger charge is 2.30. The van der Waals surface area contributed by atoms with Crippen molar-refractivity contribution < 1.29 is 23.1 Å². The number of nitrogens with zero attached hydrogens (tertiary/aromatic N) is 2. The van der Waals surface area contributed by atoms with Crippen LogP contribution >= 0.6 is 11.3 Å². The number of carboxylic acid groups (broad SMARTS) is 1. The number of fused-ring (bicyclic) bond motifs is 1. The Morgan fingerprint density at radius 3 is 2.62 bits per heavy atom. The minimum Gasteiger partial charge on any atom is -0.477 e. The van der Waals surface area contributed by atoms with E-state index in [1.165, 1.54) is 34.2 Å². The Bertz CT molecular complexity index is 1220. The maximum absolute atomic E-state index is 13.0. The molecule has 4 aromatic rings. The molecule has 8 heteroatoms. The molecule has 4 nitrogen and oxygen atoms in total. The molecule has 148 valence electrons. The van der Waals surface area contributed by atoms with E-state index in [9.17, 15) is 23.1 Å². The number of aromatic nitrogens is 2. The van der Waals surface area contributed by atoms with Crippen LogP contribution in [0.1, 0.15) is 26.5 Å². The molecule has 0 bridgehead atoms. The average Bonchev–Trinajstić information content (AvgIpc) is 3.24. The van der Waals surface area contributed by atoms with Gasteiger partial charge in [-0.05, 0) is 29.1 Å². The number of thiophene rings is 1. The van der Waals surface area contributed by atoms with E-state index in [0.717, 1.165) is 26.6 Å². The first-order valence-electron chi connectivity index (χ1n) is 8.67. The first kappa shape index (κ1) is 19.2. The zero-order chi connectivity index (χ0) is 20.8. The zero-order valence-corrected chi connectivity index (χ0v) is 16.0. The summed E-state index contributed by atoms with van der Waals surface area (Å²) in [4.78, 5) is 16.5. The Morgan fingerprint density at radius 1 is 1.17 bits per heavy atom. The number of carbonyl (C=O) groups is 1. The smallest absolute Gasteiger partial charge is 0.416 e. The summed E-state index contributed by atoms with van der Waals surface area (Å²) in [7, 11) is 1.64. The molecule has 2 heterocycles. The molecule has 0 aliphatic heterocycles. The van der Waals surface area contributed by atoms with Gasteiger partial charge in [-0.2, -0.15) is 13.2 Å². The third-order valence-corrected chi connectivity index (χ3v) is 5.86. The fraction of sp³-hybridized carbons (Fsp3) is 0.143. The molecular formula is C21H15F3N2O2S. The number of rotatable bonds is 4. The molecule has 2 aromatic carbocycles. The number of imidazole rings is 1. The predicted molar refractivity (Wildman–Crippen MR) is 105 cm³/mol. The summed E-state index contributed by atoms with van der Waals surface area (Å²) in [6.45, 7) is 0. The van der Waals surface area contributed by atoms with Crippen LogP contribution in [0.25, 0.3) is 21.5 Å². The van der Waals surface area contributed by atoms with Crippen LogP contribution < -0.4 is 0 Å². The molecule has 0 aliphatic carbocycles. The Kier molecular flexibility index (Phi) is 4.66. The molecule has 0 amide bonds. The minimum absolute atomic E-state index is 0.0812. The molecule has 0 saturated carbocycles. The van der Waals surface area contributed by atoms with Crippen molar-refractivity contribution >= 4 is 27.4 Å². The van der Waals surface area contributed by atoms with Crippen LogP contribution in [-0.4, -0.2) is 20.6 Å². The lowest BCUT2D eigenvalue weighted by Gasteiger charge is -2.08. The van der Waals surface area contributed by atoms with Gasteiger partial charge in [0, 0.05) is 28.6 Å². The molecule has 0 aliphatic rings. The van der Waals surface area contributed by atoms with Crippen molar-refractivity contribution in [1.29, 1.82) is 0 Å². The van der Waals surface area contributed by atoms with Gasteiger partial charge in [0.05, 0.1) is 11.8 Å². The van der Waals surface area contributed by atoms with Gasteiger partial charge in [0.25, 0.3) is 0 Å². The van der Waals surface area contributed by atoms with E-state index in [1.54, 1.807) is 13.1 Å². The molecule has 0 radical (unpaired) electrons. The molecule has 0 saturated heterocycles. The third kappa shape index (κ3) is 3.63. The number of carboxylic acids is 1. The second-order valence-electron chi connectivity index (χ2n) is 6.64. The molecule has 29 heavy (non-hydrogen) atoms. The van der Waals surface area contributed by atoms with Crippen LogP contribution in [0.3, 0.4) is 0 Å². The summed E-state index contributed by atoms with van der Waals surface area (Å²) < 4.78 is 41.3. The summed E-state index contributed by atoms with van der Waals surface area (Å²) in [5, 5.41) is 10.2. The van der Waals surface area contributed by atoms with E-state index in [-0.39, 0.29) is 5.69 Å². The molecular weight excluding hydrogens is 401 g/mol. The number of aromatic carboxylic acids is 1. The highest BCUT2D eigenvalue weighted by Crippen LogP contribution is 2.36. The highest BCUT2D eigenvalue weighted by molar-refractivity contribution is 7.19. The van der Waals surface area contributed by atoms with Gasteiger partial charge in [0.2, 0.25) is 0 Å². The topological polar surface area (TPSA) is 55.1 Å². The van der Waals surface area contributed by atoms with Gasteiger partial charge in [-0.1, -0.05) is 30.3 Å². The fourth-order valence-corrected chi connectivity index (χ4v) is 4.50. The number of hydrogen-bond donors (Lipinski definition) is 1. The maximum Gasteiger partial charge on any atom is 0.416 e. The van der Waals surface area contributed by atoms with E-state index in [2.05, 4.69) is 4.98 Å². The summed E-state index contributed by atoms with van der Waals surface area (Å²) in [5.74, 6) is -0.532. The van der Waals surface area contributed by atoms with Crippen molar-refractivity contribution in [2.75, 3.05) is 0 Å². The monoisotopic (exact) mass is 416 g/mol. The van der Waals surface area contributed by atoms with Crippen molar-refractivity contribution in [3.63, 3.8) is 0 Å². The molecule has 0 unspecified atom stereocenters. The van der Waals surface area contributed by atoms with Gasteiger partial charge in [-0.25, -0.2) is 9.78 Å². The number of benzene rings is 2. The second kappa shape index (κ2) is 7.04. The van der Waals surface area contributed by atoms with E-state index < -0.39 is 17.7 Å². The minimum atomic E-state index is -4.37. The number of halogens is 3. The highest BCUT2D eigenvalue weighted by atomic mass is 32.1. The Balaban J connectivity index is 1.73. The van der Waals surface area contributed by atoms with E-state index in [0.29, 0.717) is 17.8 Å². The van der Waals surface area contributed by atoms with Crippen LogP contribution in [0.15, 0.2) is 54.7 Å². The summed E-state index contributed by atoms with van der Waals surface area (Å²) >= 11 is 1.47. The van der Waals surface area contributed by atoms with Gasteiger partial charge < -0.3 is 9.67 Å². The van der Waals surface area contributed by atoms with Crippen molar-refractivity contribution in [3.8, 4) is 11.4 Å². The van der Waals surface area contributed by atoms with E-state index >= 15 is 0 Å². The van der Waals surface area contributed by atoms with E-state index in [4.69, 9.17) is 0 Å². The number of alkyl halides is 3. The summed E-state index contributed by atoms with van der Waals surface area (Å²) in [6.07, 6.45) is -2.68. The SMILES string of the molecule is Cn1c(C(=O)O)cnc1-c1cccc2cc(Cc3cccc(C(F)(F)F)c3)sc12. The maximum atomic E-state index is 13.0. The van der Waals surface area contributed by atoms with Crippen LogP contribution in [0.2, 0.25) is 0 Å². The van der Waals surface area contributed by atoms with Gasteiger partial charge in [0.1, 0.15) is 11.5 Å². The molecule has 0 atom stereocenters. The largest absolute Gasteiger partial charge is 0.477 e. The lowest BCUT2D eigenvalue weighted by molar-refractivity contribution is -0.137. The lowest BCUT2D eigenvalue weighted by Crippen LogP contribution is -2.05. The molecule has 1 N–H and O–H groups in total. The van der Waals surface area contributed by atoms with Gasteiger partial charge in [-0.15, -0.1) is 11.3 Å². The van der Waals surface area contributed by atoms with Gasteiger partial charge in [0.15, 0.2) is 0 Å². The number of hydrogen-bond acceptors (Lipinski definition) is 3. The van der Waals surface area contributed by atoms with Crippen molar-refractivity contribution in [2.24, 2.45) is 7.05 Å². The molecule has 2 aromatic heterocycles. The molecule has 4 rings (SSSR count). The van der Waals surface area contributed by atoms with Crippen LogP contribution in [0.4, 0.5) is 13.2 Å². The first-order valence-corrected chi connectivity index (χ1v) is 9.48. The first-order chi connectivity index (χ1) is 13.7. The molecule has 0 spiro atoms. The average molecular weight is 416 g/mol. The quantitative estimate of drug-likeness (QED) is 0.471.